The summed E-state index contributed by atoms with van der Waals surface area (Å²) >= 11 is 0. The molecule has 8 nitrogen and oxygen atoms in total. The van der Waals surface area contributed by atoms with Crippen molar-refractivity contribution in [3.63, 3.8) is 0 Å². The number of nitrogens with two attached hydrogens (primary N) is 1. The topological polar surface area (TPSA) is 116 Å². The number of nitro benzene ring substituents is 2. The Bertz CT molecular complexity index is 660. The molecular weight excluding hydrogens is 288 g/mol. The molecule has 2 aromatic rings. The summed E-state index contributed by atoms with van der Waals surface area (Å²) in [5, 5.41) is 21.6. The molecule has 0 aliphatic carbocycles. The maximum atomic E-state index is 11.0. The SMILES string of the molecule is Nc1cc[n+](-c2ccc([N+](=O)[O-])cc2[N+](=O)[O-])cc1.[Cl-]. The Kier molecular flexibility index (Phi) is 4.54. The fourth-order valence-corrected chi connectivity index (χ4v) is 1.59. The fourth-order valence-electron chi connectivity index (χ4n) is 1.59. The minimum absolute atomic E-state index is 0. The highest BCUT2D eigenvalue weighted by Crippen LogP contribution is 2.24. The van der Waals surface area contributed by atoms with Crippen molar-refractivity contribution in [2.24, 2.45) is 0 Å². The molecule has 9 heteroatoms. The van der Waals surface area contributed by atoms with Gasteiger partial charge in [0.25, 0.3) is 11.4 Å². The molecule has 0 aliphatic heterocycles. The van der Waals surface area contributed by atoms with Gasteiger partial charge in [0, 0.05) is 30.0 Å². The Labute approximate surface area is 119 Å². The summed E-state index contributed by atoms with van der Waals surface area (Å²) in [5.74, 6) is 0. The first-order valence-electron chi connectivity index (χ1n) is 5.19. The van der Waals surface area contributed by atoms with Crippen molar-refractivity contribution in [3.8, 4) is 5.69 Å². The van der Waals surface area contributed by atoms with Crippen molar-refractivity contribution >= 4 is 17.1 Å². The lowest BCUT2D eigenvalue weighted by Gasteiger charge is -1.98. The number of non-ortho nitro benzene ring substituents is 1. The van der Waals surface area contributed by atoms with Gasteiger partial charge in [0.15, 0.2) is 12.4 Å². The largest absolute Gasteiger partial charge is 1.00 e. The summed E-state index contributed by atoms with van der Waals surface area (Å²) in [6.45, 7) is 0. The van der Waals surface area contributed by atoms with E-state index in [1.165, 1.54) is 16.7 Å². The van der Waals surface area contributed by atoms with Crippen molar-refractivity contribution < 1.29 is 26.8 Å². The molecule has 0 radical (unpaired) electrons. The van der Waals surface area contributed by atoms with Gasteiger partial charge in [-0.2, -0.15) is 4.57 Å². The molecule has 0 amide bonds. The van der Waals surface area contributed by atoms with Crippen LogP contribution in [0.1, 0.15) is 0 Å². The van der Waals surface area contributed by atoms with Crippen LogP contribution in [0.15, 0.2) is 42.7 Å². The molecule has 0 atom stereocenters. The minimum atomic E-state index is -0.676. The number of halogens is 1. The second-order valence-corrected chi connectivity index (χ2v) is 3.73. The normalized spacial score (nSPS) is 9.60. The number of rotatable bonds is 3. The lowest BCUT2D eigenvalue weighted by Crippen LogP contribution is -3.00. The zero-order valence-corrected chi connectivity index (χ0v) is 10.7. The van der Waals surface area contributed by atoms with Crippen LogP contribution in [0.4, 0.5) is 17.1 Å². The zero-order valence-electron chi connectivity index (χ0n) is 9.97. The lowest BCUT2D eigenvalue weighted by atomic mass is 10.2. The van der Waals surface area contributed by atoms with E-state index in [9.17, 15) is 20.2 Å². The van der Waals surface area contributed by atoms with Crippen LogP contribution >= 0.6 is 0 Å². The summed E-state index contributed by atoms with van der Waals surface area (Å²) in [7, 11) is 0. The first kappa shape index (κ1) is 15.3. The van der Waals surface area contributed by atoms with E-state index in [2.05, 4.69) is 0 Å². The number of aromatic nitrogens is 1. The monoisotopic (exact) mass is 296 g/mol. The van der Waals surface area contributed by atoms with Gasteiger partial charge in [0.2, 0.25) is 0 Å². The molecule has 0 spiro atoms. The van der Waals surface area contributed by atoms with E-state index in [0.717, 1.165) is 6.07 Å². The number of hydrogen-bond donors (Lipinski definition) is 1. The first-order chi connectivity index (χ1) is 8.99. The van der Waals surface area contributed by atoms with Gasteiger partial charge in [0.05, 0.1) is 9.85 Å². The van der Waals surface area contributed by atoms with Crippen LogP contribution in [0, 0.1) is 20.2 Å². The molecular formula is C11H9ClN4O4. The highest BCUT2D eigenvalue weighted by molar-refractivity contribution is 5.53. The summed E-state index contributed by atoms with van der Waals surface area (Å²) in [6.07, 6.45) is 3.09. The van der Waals surface area contributed by atoms with Gasteiger partial charge in [-0.1, -0.05) is 0 Å². The van der Waals surface area contributed by atoms with Crippen LogP contribution in [0.3, 0.4) is 0 Å². The quantitative estimate of drug-likeness (QED) is 0.414. The van der Waals surface area contributed by atoms with Gasteiger partial charge >= 0.3 is 5.69 Å². The number of nitro groups is 2. The molecule has 2 N–H and O–H groups in total. The van der Waals surface area contributed by atoms with Gasteiger partial charge in [-0.25, -0.2) is 0 Å². The minimum Gasteiger partial charge on any atom is -1.00 e. The van der Waals surface area contributed by atoms with E-state index in [-0.39, 0.29) is 29.5 Å². The van der Waals surface area contributed by atoms with Crippen LogP contribution < -0.4 is 22.7 Å². The number of hydrogen-bond acceptors (Lipinski definition) is 5. The van der Waals surface area contributed by atoms with Crippen LogP contribution in [0.25, 0.3) is 5.69 Å². The van der Waals surface area contributed by atoms with E-state index in [0.29, 0.717) is 5.69 Å². The van der Waals surface area contributed by atoms with Gasteiger partial charge in [-0.3, -0.25) is 20.2 Å². The third-order valence-corrected chi connectivity index (χ3v) is 2.50. The molecule has 2 rings (SSSR count). The van der Waals surface area contributed by atoms with Crippen LogP contribution in [-0.4, -0.2) is 9.85 Å². The van der Waals surface area contributed by atoms with Crippen molar-refractivity contribution in [1.82, 2.24) is 0 Å². The van der Waals surface area contributed by atoms with Crippen LogP contribution in [-0.2, 0) is 0 Å². The third-order valence-electron chi connectivity index (χ3n) is 2.50. The van der Waals surface area contributed by atoms with Gasteiger partial charge in [-0.05, 0) is 0 Å². The van der Waals surface area contributed by atoms with E-state index < -0.39 is 9.85 Å². The maximum absolute atomic E-state index is 11.0. The molecule has 1 aromatic carbocycles. The Hall–Kier alpha value is -2.74. The van der Waals surface area contributed by atoms with Gasteiger partial charge < -0.3 is 18.1 Å². The highest BCUT2D eigenvalue weighted by atomic mass is 35.5. The van der Waals surface area contributed by atoms with Crippen molar-refractivity contribution in [2.45, 2.75) is 0 Å². The molecule has 0 saturated carbocycles. The third kappa shape index (κ3) is 2.98. The molecule has 0 unspecified atom stereocenters. The number of pyridine rings is 1. The molecule has 0 fully saturated rings. The smallest absolute Gasteiger partial charge is 0.347 e. The summed E-state index contributed by atoms with van der Waals surface area (Å²) in [4.78, 5) is 20.3. The number of nitrogen functional groups attached to an aromatic ring is 1. The van der Waals surface area contributed by atoms with E-state index in [1.807, 2.05) is 0 Å². The first-order valence-corrected chi connectivity index (χ1v) is 5.19. The van der Waals surface area contributed by atoms with Gasteiger partial charge in [0.1, 0.15) is 6.07 Å². The van der Waals surface area contributed by atoms with Crippen molar-refractivity contribution in [2.75, 3.05) is 5.73 Å². The second-order valence-electron chi connectivity index (χ2n) is 3.73. The highest BCUT2D eigenvalue weighted by Gasteiger charge is 2.25. The van der Waals surface area contributed by atoms with E-state index >= 15 is 0 Å². The number of benzene rings is 1. The Morgan fingerprint density at radius 3 is 2.10 bits per heavy atom. The predicted molar refractivity (Wildman–Crippen MR) is 65.7 cm³/mol. The number of nitrogens with zero attached hydrogens (tertiary/aromatic N) is 3. The Morgan fingerprint density at radius 1 is 1.00 bits per heavy atom. The molecule has 0 aliphatic rings. The fraction of sp³-hybridized carbons (Fsp3) is 0. The molecule has 0 saturated heterocycles. The predicted octanol–water partition coefficient (Wildman–Crippen LogP) is -1.63. The summed E-state index contributed by atoms with van der Waals surface area (Å²) < 4.78 is 1.47. The Balaban J connectivity index is 0.00000200. The average molecular weight is 297 g/mol. The van der Waals surface area contributed by atoms with Crippen molar-refractivity contribution in [3.05, 3.63) is 63.0 Å². The second kappa shape index (κ2) is 5.93. The molecule has 1 aromatic heterocycles. The molecule has 104 valence electrons. The average Bonchev–Trinajstić information content (AvgIpc) is 2.38. The Morgan fingerprint density at radius 2 is 1.60 bits per heavy atom. The van der Waals surface area contributed by atoms with Gasteiger partial charge in [-0.15, -0.1) is 0 Å². The molecule has 0 bridgehead atoms. The van der Waals surface area contributed by atoms with Crippen LogP contribution in [0.2, 0.25) is 0 Å². The molecule has 1 heterocycles. The lowest BCUT2D eigenvalue weighted by molar-refractivity contribution is -0.600. The van der Waals surface area contributed by atoms with Crippen molar-refractivity contribution in [1.29, 1.82) is 0 Å². The molecule has 20 heavy (non-hydrogen) atoms. The summed E-state index contributed by atoms with van der Waals surface area (Å²) in [6, 6.07) is 6.62. The zero-order chi connectivity index (χ0) is 14.0. The standard InChI is InChI=1S/C11H8N4O4.ClH/c12-8-3-5-13(6-4-8)10-2-1-9(14(16)17)7-11(10)15(18)19;/h1-7,12H;1H. The summed E-state index contributed by atoms with van der Waals surface area (Å²) in [5.41, 5.74) is 5.61. The number of anilines is 1. The van der Waals surface area contributed by atoms with Crippen LogP contribution in [0.5, 0.6) is 0 Å². The van der Waals surface area contributed by atoms with E-state index in [4.69, 9.17) is 5.73 Å². The maximum Gasteiger partial charge on any atom is 0.347 e. The van der Waals surface area contributed by atoms with E-state index in [1.54, 1.807) is 24.5 Å².